The minimum absolute atomic E-state index is 0.0230. The molecular weight excluding hydrogens is 476 g/mol. The van der Waals surface area contributed by atoms with E-state index in [-0.39, 0.29) is 22.4 Å². The van der Waals surface area contributed by atoms with Crippen molar-refractivity contribution in [3.8, 4) is 5.75 Å². The molecule has 176 valence electrons. The predicted molar refractivity (Wildman–Crippen MR) is 121 cm³/mol. The Bertz CT molecular complexity index is 1070. The summed E-state index contributed by atoms with van der Waals surface area (Å²) in [6.45, 7) is -0.703. The van der Waals surface area contributed by atoms with E-state index >= 15 is 0 Å². The molecule has 1 N–H and O–H groups in total. The Morgan fingerprint density at radius 2 is 2.06 bits per heavy atom. The van der Waals surface area contributed by atoms with Crippen LogP contribution in [0.2, 0.25) is 5.02 Å². The summed E-state index contributed by atoms with van der Waals surface area (Å²) in [5, 5.41) is 12.0. The molecule has 2 aromatic heterocycles. The van der Waals surface area contributed by atoms with Crippen LogP contribution in [0.3, 0.4) is 0 Å². The smallest absolute Gasteiger partial charge is 0.387 e. The number of benzene rings is 1. The van der Waals surface area contributed by atoms with Crippen LogP contribution in [0.25, 0.3) is 0 Å². The number of carbonyl (C=O) groups excluding carboxylic acids is 1. The number of hydrogen-bond acceptors (Lipinski definition) is 7. The first-order chi connectivity index (χ1) is 16.0. The number of anilines is 2. The lowest BCUT2D eigenvalue weighted by atomic mass is 10.1. The van der Waals surface area contributed by atoms with Gasteiger partial charge in [-0.2, -0.15) is 8.78 Å². The molecular formula is C21H22ClF2N5O3S. The number of aromatic nitrogens is 3. The van der Waals surface area contributed by atoms with Crippen molar-refractivity contribution in [2.24, 2.45) is 0 Å². The number of piperidine rings is 1. The molecule has 4 rings (SSSR count). The first kappa shape index (κ1) is 23.4. The van der Waals surface area contributed by atoms with E-state index in [2.05, 4.69) is 25.2 Å². The summed E-state index contributed by atoms with van der Waals surface area (Å²) < 4.78 is 36.5. The van der Waals surface area contributed by atoms with Crippen LogP contribution in [0, 0.1) is 0 Å². The Kier molecular flexibility index (Phi) is 7.71. The molecule has 0 atom stereocenters. The summed E-state index contributed by atoms with van der Waals surface area (Å²) in [5.41, 5.74) is 0.373. The van der Waals surface area contributed by atoms with Crippen molar-refractivity contribution in [2.75, 3.05) is 29.1 Å². The number of rotatable bonds is 9. The van der Waals surface area contributed by atoms with Gasteiger partial charge < -0.3 is 19.4 Å². The van der Waals surface area contributed by atoms with E-state index in [1.807, 2.05) is 16.7 Å². The second-order valence-electron chi connectivity index (χ2n) is 7.36. The fourth-order valence-electron chi connectivity index (χ4n) is 3.51. The molecule has 1 amide bonds. The van der Waals surface area contributed by atoms with Crippen molar-refractivity contribution in [2.45, 2.75) is 37.6 Å². The zero-order valence-corrected chi connectivity index (χ0v) is 19.1. The van der Waals surface area contributed by atoms with E-state index < -0.39 is 6.61 Å². The molecule has 1 fully saturated rings. The first-order valence-electron chi connectivity index (χ1n) is 10.4. The topological polar surface area (TPSA) is 85.4 Å². The molecule has 1 aromatic carbocycles. The van der Waals surface area contributed by atoms with Gasteiger partial charge in [-0.1, -0.05) is 23.4 Å². The number of furan rings is 1. The van der Waals surface area contributed by atoms with Crippen LogP contribution in [0.5, 0.6) is 5.75 Å². The van der Waals surface area contributed by atoms with E-state index in [1.54, 1.807) is 6.26 Å². The first-order valence-corrected chi connectivity index (χ1v) is 11.7. The van der Waals surface area contributed by atoms with Gasteiger partial charge in [0.1, 0.15) is 11.5 Å². The Hall–Kier alpha value is -2.79. The van der Waals surface area contributed by atoms with Crippen LogP contribution in [0.15, 0.2) is 46.2 Å². The van der Waals surface area contributed by atoms with Gasteiger partial charge in [0.2, 0.25) is 11.9 Å². The van der Waals surface area contributed by atoms with Gasteiger partial charge in [-0.25, -0.2) is 0 Å². The molecule has 12 heteroatoms. The van der Waals surface area contributed by atoms with Crippen molar-refractivity contribution in [3.05, 3.63) is 47.4 Å². The molecule has 33 heavy (non-hydrogen) atoms. The number of halogens is 3. The Balaban J connectivity index is 1.42. The highest BCUT2D eigenvalue weighted by molar-refractivity contribution is 7.99. The van der Waals surface area contributed by atoms with E-state index in [4.69, 9.17) is 16.0 Å². The Morgan fingerprint density at radius 3 is 2.76 bits per heavy atom. The number of alkyl halides is 2. The highest BCUT2D eigenvalue weighted by Crippen LogP contribution is 2.30. The lowest BCUT2D eigenvalue weighted by Gasteiger charge is -2.27. The summed E-state index contributed by atoms with van der Waals surface area (Å²) in [5.74, 6) is 1.14. The number of hydrogen-bond donors (Lipinski definition) is 1. The maximum absolute atomic E-state index is 12.5. The minimum atomic E-state index is -2.98. The Labute approximate surface area is 198 Å². The lowest BCUT2D eigenvalue weighted by molar-refractivity contribution is -0.113. The van der Waals surface area contributed by atoms with Crippen LogP contribution in [-0.4, -0.2) is 46.1 Å². The Morgan fingerprint density at radius 1 is 1.24 bits per heavy atom. The maximum Gasteiger partial charge on any atom is 0.387 e. The third-order valence-electron chi connectivity index (χ3n) is 4.99. The van der Waals surface area contributed by atoms with Crippen molar-refractivity contribution in [1.82, 2.24) is 14.8 Å². The van der Waals surface area contributed by atoms with Crippen LogP contribution in [0.4, 0.5) is 20.4 Å². The average molecular weight is 498 g/mol. The van der Waals surface area contributed by atoms with Gasteiger partial charge in [0.05, 0.1) is 23.6 Å². The number of thioether (sulfide) groups is 1. The van der Waals surface area contributed by atoms with Crippen molar-refractivity contribution in [3.63, 3.8) is 0 Å². The van der Waals surface area contributed by atoms with E-state index in [0.29, 0.717) is 17.4 Å². The van der Waals surface area contributed by atoms with E-state index in [9.17, 15) is 13.6 Å². The summed E-state index contributed by atoms with van der Waals surface area (Å²) in [6, 6.07) is 7.79. The van der Waals surface area contributed by atoms with Gasteiger partial charge >= 0.3 is 6.61 Å². The van der Waals surface area contributed by atoms with Crippen LogP contribution < -0.4 is 15.0 Å². The highest BCUT2D eigenvalue weighted by Gasteiger charge is 2.22. The second-order valence-corrected chi connectivity index (χ2v) is 8.71. The molecule has 0 unspecified atom stereocenters. The second kappa shape index (κ2) is 10.9. The average Bonchev–Trinajstić information content (AvgIpc) is 3.45. The minimum Gasteiger partial charge on any atom is -0.467 e. The quantitative estimate of drug-likeness (QED) is 0.421. The molecule has 8 nitrogen and oxygen atoms in total. The molecule has 3 heterocycles. The zero-order chi connectivity index (χ0) is 23.2. The fraction of sp³-hybridized carbons (Fsp3) is 0.381. The van der Waals surface area contributed by atoms with Crippen molar-refractivity contribution >= 4 is 40.9 Å². The number of nitrogens with zero attached hydrogens (tertiary/aromatic N) is 4. The summed E-state index contributed by atoms with van der Waals surface area (Å²) in [6.07, 6.45) is 5.01. The normalized spacial score (nSPS) is 14.0. The van der Waals surface area contributed by atoms with E-state index in [0.717, 1.165) is 37.6 Å². The van der Waals surface area contributed by atoms with Gasteiger partial charge in [-0.05, 0) is 49.6 Å². The SMILES string of the molecule is O=C(CSc1nnc(N2CCCCC2)n1Cc1ccco1)Nc1ccc(OC(F)F)c(Cl)c1. The summed E-state index contributed by atoms with van der Waals surface area (Å²) in [4.78, 5) is 14.7. The van der Waals surface area contributed by atoms with Gasteiger partial charge in [0, 0.05) is 18.8 Å². The number of amides is 1. The molecule has 0 radical (unpaired) electrons. The molecule has 3 aromatic rings. The third-order valence-corrected chi connectivity index (χ3v) is 6.26. The fourth-order valence-corrected chi connectivity index (χ4v) is 4.47. The van der Waals surface area contributed by atoms with Crippen molar-refractivity contribution in [1.29, 1.82) is 0 Å². The zero-order valence-electron chi connectivity index (χ0n) is 17.5. The predicted octanol–water partition coefficient (Wildman–Crippen LogP) is 4.90. The number of carbonyl (C=O) groups is 1. The van der Waals surface area contributed by atoms with Gasteiger partial charge in [0.25, 0.3) is 0 Å². The molecule has 0 aliphatic carbocycles. The largest absolute Gasteiger partial charge is 0.467 e. The summed E-state index contributed by atoms with van der Waals surface area (Å²) >= 11 is 7.19. The molecule has 0 saturated carbocycles. The molecule has 1 aliphatic heterocycles. The highest BCUT2D eigenvalue weighted by atomic mass is 35.5. The lowest BCUT2D eigenvalue weighted by Crippen LogP contribution is -2.32. The third kappa shape index (κ3) is 6.17. The molecule has 1 saturated heterocycles. The van der Waals surface area contributed by atoms with Gasteiger partial charge in [-0.3, -0.25) is 9.36 Å². The van der Waals surface area contributed by atoms with Crippen LogP contribution >= 0.6 is 23.4 Å². The van der Waals surface area contributed by atoms with Crippen LogP contribution in [0.1, 0.15) is 25.0 Å². The monoisotopic (exact) mass is 497 g/mol. The van der Waals surface area contributed by atoms with Gasteiger partial charge in [-0.15, -0.1) is 10.2 Å². The van der Waals surface area contributed by atoms with E-state index in [1.165, 1.54) is 36.4 Å². The van der Waals surface area contributed by atoms with Crippen molar-refractivity contribution < 1.29 is 22.7 Å². The number of ether oxygens (including phenoxy) is 1. The van der Waals surface area contributed by atoms with Crippen LogP contribution in [-0.2, 0) is 11.3 Å². The van der Waals surface area contributed by atoms with Gasteiger partial charge in [0.15, 0.2) is 5.16 Å². The molecule has 0 bridgehead atoms. The standard InChI is InChI=1S/C21H22ClF2N5O3S/c22-16-11-14(6-7-17(16)32-19(23)24)25-18(30)13-33-21-27-26-20(28-8-2-1-3-9-28)29(21)12-15-5-4-10-31-15/h4-7,10-11,19H,1-3,8-9,12-13H2,(H,25,30). The molecule has 1 aliphatic rings. The maximum atomic E-state index is 12.5. The summed E-state index contributed by atoms with van der Waals surface area (Å²) in [7, 11) is 0. The molecule has 0 spiro atoms. The number of nitrogens with one attached hydrogen (secondary N) is 1.